The molecule has 0 aliphatic rings. The van der Waals surface area contributed by atoms with Gasteiger partial charge in [-0.1, -0.05) is 55.3 Å². The molecule has 1 atom stereocenters. The summed E-state index contributed by atoms with van der Waals surface area (Å²) in [5, 5.41) is 16.9. The monoisotopic (exact) mass is 963 g/mol. The van der Waals surface area contributed by atoms with Gasteiger partial charge in [0.05, 0.1) is 67.1 Å². The maximum absolute atomic E-state index is 13.1. The first-order valence-electron chi connectivity index (χ1n) is 21.8. The number of unbranched alkanes of at least 4 members (excludes halogenated alkanes) is 1. The molecule has 1 heterocycles. The third kappa shape index (κ3) is 17.8. The summed E-state index contributed by atoms with van der Waals surface area (Å²) < 4.78 is 44.1. The fourth-order valence-corrected chi connectivity index (χ4v) is 7.04. The van der Waals surface area contributed by atoms with Gasteiger partial charge in [0.2, 0.25) is 11.9 Å². The summed E-state index contributed by atoms with van der Waals surface area (Å²) in [6, 6.07) is 25.9. The number of nitrogens with zero attached hydrogens (tertiary/aromatic N) is 3. The molecule has 4 aromatic carbocycles. The number of esters is 5. The largest absolute Gasteiger partial charge is 0.490 e. The van der Waals surface area contributed by atoms with Crippen molar-refractivity contribution in [1.82, 2.24) is 4.98 Å². The van der Waals surface area contributed by atoms with E-state index < -0.39 is 36.0 Å². The Bertz CT molecular complexity index is 2510. The second-order valence-corrected chi connectivity index (χ2v) is 15.6. The molecule has 5 aromatic rings. The summed E-state index contributed by atoms with van der Waals surface area (Å²) in [5.41, 5.74) is 3.78. The molecule has 1 aromatic heterocycles. The second kappa shape index (κ2) is 28.5. The van der Waals surface area contributed by atoms with Crippen molar-refractivity contribution in [2.24, 2.45) is 5.10 Å². The van der Waals surface area contributed by atoms with Crippen LogP contribution in [0.15, 0.2) is 134 Å². The Morgan fingerprint density at radius 2 is 1.33 bits per heavy atom. The molecule has 0 fully saturated rings. The molecule has 0 saturated carbocycles. The van der Waals surface area contributed by atoms with Gasteiger partial charge in [-0.3, -0.25) is 0 Å². The third-order valence-electron chi connectivity index (χ3n) is 9.65. The standard InChI is InChI=1S/C51H53N3O14S/c1-4-46(56)62-28-10-9-27-61-33-43(68-48(58)6-3)34-65-41-19-15-38(16-20-41)50(60)64-30-24-37-14-13-36(23-29-63-49(59)39-17-21-42(22-18-39)66-35-67-47(57)5-2)31-40(37)32-52-54(25-26-55)51-53-44-11-7-8-12-45(44)69-51/h4-8,11-22,31-32,43,55H,1-3,9-10,23-30,33-35H2/b52-32+. The summed E-state index contributed by atoms with van der Waals surface area (Å²) in [6.07, 6.45) is 5.99. The molecule has 1 unspecified atom stereocenters. The number of thiazole rings is 1. The second-order valence-electron chi connectivity index (χ2n) is 14.6. The van der Waals surface area contributed by atoms with Gasteiger partial charge in [0.1, 0.15) is 18.1 Å². The lowest BCUT2D eigenvalue weighted by molar-refractivity contribution is -0.148. The fraction of sp³-hybridized carbons (Fsp3) is 0.275. The average Bonchev–Trinajstić information content (AvgIpc) is 3.81. The van der Waals surface area contributed by atoms with Crippen molar-refractivity contribution >= 4 is 62.7 Å². The summed E-state index contributed by atoms with van der Waals surface area (Å²) in [4.78, 5) is 65.0. The van der Waals surface area contributed by atoms with Crippen LogP contribution in [0.5, 0.6) is 11.5 Å². The maximum atomic E-state index is 13.1. The summed E-state index contributed by atoms with van der Waals surface area (Å²) in [7, 11) is 0. The van der Waals surface area contributed by atoms with E-state index in [9.17, 15) is 29.1 Å². The zero-order chi connectivity index (χ0) is 49.2. The van der Waals surface area contributed by atoms with Crippen molar-refractivity contribution in [1.29, 1.82) is 0 Å². The number of aliphatic hydroxyl groups excluding tert-OH is 1. The highest BCUT2D eigenvalue weighted by Gasteiger charge is 2.17. The van der Waals surface area contributed by atoms with Crippen LogP contribution < -0.4 is 14.5 Å². The van der Waals surface area contributed by atoms with E-state index >= 15 is 0 Å². The van der Waals surface area contributed by atoms with Gasteiger partial charge in [-0.25, -0.2) is 34.0 Å². The van der Waals surface area contributed by atoms with Gasteiger partial charge in [-0.2, -0.15) is 5.10 Å². The van der Waals surface area contributed by atoms with Crippen molar-refractivity contribution in [3.8, 4) is 11.5 Å². The molecule has 18 heteroatoms. The molecule has 17 nitrogen and oxygen atoms in total. The molecule has 0 saturated heterocycles. The number of aromatic nitrogens is 1. The Kier molecular flexibility index (Phi) is 21.6. The number of rotatable bonds is 30. The van der Waals surface area contributed by atoms with Gasteiger partial charge in [-0.15, -0.1) is 0 Å². The lowest BCUT2D eigenvalue weighted by atomic mass is 10.0. The van der Waals surface area contributed by atoms with Gasteiger partial charge in [0, 0.05) is 37.7 Å². The van der Waals surface area contributed by atoms with Crippen LogP contribution in [-0.2, 0) is 55.6 Å². The van der Waals surface area contributed by atoms with Crippen molar-refractivity contribution in [2.75, 3.05) is 64.6 Å². The van der Waals surface area contributed by atoms with Gasteiger partial charge in [0.15, 0.2) is 6.10 Å². The number of carbonyl (C=O) groups excluding carboxylic acids is 5. The number of para-hydroxylation sites is 1. The molecule has 1 N–H and O–H groups in total. The number of benzene rings is 4. The Morgan fingerprint density at radius 3 is 2.00 bits per heavy atom. The van der Waals surface area contributed by atoms with Crippen molar-refractivity contribution < 1.29 is 67.0 Å². The topological polar surface area (TPSA) is 208 Å². The van der Waals surface area contributed by atoms with Crippen molar-refractivity contribution in [2.45, 2.75) is 31.8 Å². The fourth-order valence-electron chi connectivity index (χ4n) is 6.09. The molecular formula is C51H53N3O14S. The summed E-state index contributed by atoms with van der Waals surface area (Å²) in [5.74, 6) is -2.02. The Balaban J connectivity index is 1.18. The molecule has 5 rings (SSSR count). The number of hydrogen-bond acceptors (Lipinski definition) is 18. The number of anilines is 1. The molecule has 69 heavy (non-hydrogen) atoms. The van der Waals surface area contributed by atoms with E-state index in [1.807, 2.05) is 42.5 Å². The van der Waals surface area contributed by atoms with E-state index in [-0.39, 0.29) is 58.5 Å². The van der Waals surface area contributed by atoms with Crippen LogP contribution in [0.3, 0.4) is 0 Å². The lowest BCUT2D eigenvalue weighted by Gasteiger charge is -2.18. The number of carbonyl (C=O) groups is 5. The number of hydrogen-bond donors (Lipinski definition) is 1. The highest BCUT2D eigenvalue weighted by atomic mass is 32.1. The molecule has 362 valence electrons. The molecular weight excluding hydrogens is 911 g/mol. The van der Waals surface area contributed by atoms with Crippen molar-refractivity contribution in [3.63, 3.8) is 0 Å². The molecule has 0 aliphatic heterocycles. The van der Waals surface area contributed by atoms with E-state index in [4.69, 9.17) is 48.0 Å². The Morgan fingerprint density at radius 1 is 0.696 bits per heavy atom. The van der Waals surface area contributed by atoms with Gasteiger partial charge >= 0.3 is 29.8 Å². The smallest absolute Gasteiger partial charge is 0.338 e. The number of hydrazone groups is 1. The number of ether oxygens (including phenoxy) is 8. The van der Waals surface area contributed by atoms with Gasteiger partial charge in [-0.05, 0) is 96.3 Å². The quantitative estimate of drug-likeness (QED) is 0.00935. The molecule has 0 amide bonds. The first-order chi connectivity index (χ1) is 33.6. The molecule has 0 aliphatic carbocycles. The first kappa shape index (κ1) is 52.3. The zero-order valence-corrected chi connectivity index (χ0v) is 38.7. The van der Waals surface area contributed by atoms with Crippen LogP contribution in [-0.4, -0.2) is 112 Å². The number of aliphatic hydroxyl groups is 1. The minimum atomic E-state index is -0.744. The van der Waals surface area contributed by atoms with Crippen LogP contribution in [0.4, 0.5) is 5.13 Å². The van der Waals surface area contributed by atoms with E-state index in [0.29, 0.717) is 60.0 Å². The predicted molar refractivity (Wildman–Crippen MR) is 258 cm³/mol. The SMILES string of the molecule is C=CC(=O)OCCCCOCC(COc1ccc(C(=O)OCCc2ccc(CCOC(=O)c3ccc(OCOC(=O)C=C)cc3)cc2/C=N/N(CCO)c2nc3ccccc3s2)cc1)OC(=O)C=C. The highest BCUT2D eigenvalue weighted by Crippen LogP contribution is 2.29. The zero-order valence-electron chi connectivity index (χ0n) is 37.9. The van der Waals surface area contributed by atoms with Crippen LogP contribution in [0, 0.1) is 0 Å². The van der Waals surface area contributed by atoms with E-state index in [0.717, 1.165) is 39.6 Å². The summed E-state index contributed by atoms with van der Waals surface area (Å²) >= 11 is 1.44. The van der Waals surface area contributed by atoms with Crippen molar-refractivity contribution in [3.05, 3.63) is 157 Å². The highest BCUT2D eigenvalue weighted by molar-refractivity contribution is 7.22. The maximum Gasteiger partial charge on any atom is 0.338 e. The first-order valence-corrected chi connectivity index (χ1v) is 22.6. The van der Waals surface area contributed by atoms with Crippen LogP contribution in [0.2, 0.25) is 0 Å². The molecule has 0 bridgehead atoms. The average molecular weight is 964 g/mol. The van der Waals surface area contributed by atoms with Crippen LogP contribution in [0.1, 0.15) is 50.2 Å². The third-order valence-corrected chi connectivity index (χ3v) is 10.7. The number of fused-ring (bicyclic) bond motifs is 1. The van der Waals surface area contributed by atoms with Gasteiger partial charge < -0.3 is 43.0 Å². The predicted octanol–water partition coefficient (Wildman–Crippen LogP) is 7.00. The van der Waals surface area contributed by atoms with E-state index in [1.165, 1.54) is 11.3 Å². The van der Waals surface area contributed by atoms with Crippen LogP contribution in [0.25, 0.3) is 10.2 Å². The normalized spacial score (nSPS) is 11.3. The Hall–Kier alpha value is -7.67. The molecule has 0 radical (unpaired) electrons. The minimum absolute atomic E-state index is 0.0286. The molecule has 0 spiro atoms. The van der Waals surface area contributed by atoms with E-state index in [2.05, 4.69) is 19.7 Å². The van der Waals surface area contributed by atoms with Gasteiger partial charge in [0.25, 0.3) is 0 Å². The Labute approximate surface area is 403 Å². The lowest BCUT2D eigenvalue weighted by Crippen LogP contribution is -2.29. The summed E-state index contributed by atoms with van der Waals surface area (Å²) in [6.45, 7) is 10.5. The van der Waals surface area contributed by atoms with Crippen LogP contribution >= 0.6 is 11.3 Å². The minimum Gasteiger partial charge on any atom is -0.490 e. The van der Waals surface area contributed by atoms with E-state index in [1.54, 1.807) is 59.8 Å².